The lowest BCUT2D eigenvalue weighted by molar-refractivity contribution is 0.0944. The molecule has 0 aliphatic carbocycles. The van der Waals surface area contributed by atoms with Gasteiger partial charge in [0.2, 0.25) is 0 Å². The van der Waals surface area contributed by atoms with Crippen molar-refractivity contribution >= 4 is 5.91 Å². The molecule has 2 N–H and O–H groups in total. The number of carbonyl (C=O) groups is 1. The molecule has 1 aliphatic rings. The second-order valence-corrected chi connectivity index (χ2v) is 5.49. The third kappa shape index (κ3) is 3.51. The standard InChI is InChI=1S/C16H19FN4O/c17-13-4-1-3-12(9-13)10-19-16(22)15-6-8-21(20-15)14-5-2-7-18-11-14/h1,3-4,6,8-9,14,18H,2,5,7,10-11H2,(H,19,22)/t14-/m0/s1. The average Bonchev–Trinajstić information content (AvgIpc) is 3.04. The number of rotatable bonds is 4. The predicted molar refractivity (Wildman–Crippen MR) is 80.9 cm³/mol. The summed E-state index contributed by atoms with van der Waals surface area (Å²) in [6.07, 6.45) is 4.03. The minimum atomic E-state index is -0.305. The molecule has 0 bridgehead atoms. The molecule has 1 aliphatic heterocycles. The fourth-order valence-electron chi connectivity index (χ4n) is 2.64. The van der Waals surface area contributed by atoms with Crippen molar-refractivity contribution in [3.63, 3.8) is 0 Å². The Balaban J connectivity index is 1.59. The maximum atomic E-state index is 13.1. The van der Waals surface area contributed by atoms with E-state index in [0.29, 0.717) is 11.7 Å². The number of halogens is 1. The minimum Gasteiger partial charge on any atom is -0.347 e. The lowest BCUT2D eigenvalue weighted by Gasteiger charge is -2.22. The van der Waals surface area contributed by atoms with Crippen molar-refractivity contribution in [2.45, 2.75) is 25.4 Å². The predicted octanol–water partition coefficient (Wildman–Crippen LogP) is 1.88. The van der Waals surface area contributed by atoms with Crippen molar-refractivity contribution in [2.75, 3.05) is 13.1 Å². The fourth-order valence-corrected chi connectivity index (χ4v) is 2.64. The van der Waals surface area contributed by atoms with E-state index in [1.165, 1.54) is 12.1 Å². The molecule has 0 radical (unpaired) electrons. The quantitative estimate of drug-likeness (QED) is 0.906. The molecular weight excluding hydrogens is 283 g/mol. The van der Waals surface area contributed by atoms with Crippen molar-refractivity contribution in [1.82, 2.24) is 20.4 Å². The Morgan fingerprint density at radius 2 is 2.36 bits per heavy atom. The molecule has 1 aromatic carbocycles. The van der Waals surface area contributed by atoms with Crippen molar-refractivity contribution in [3.8, 4) is 0 Å². The van der Waals surface area contributed by atoms with E-state index >= 15 is 0 Å². The molecule has 116 valence electrons. The normalized spacial score (nSPS) is 18.1. The van der Waals surface area contributed by atoms with Crippen LogP contribution in [0.15, 0.2) is 36.5 Å². The number of nitrogens with one attached hydrogen (secondary N) is 2. The maximum absolute atomic E-state index is 13.1. The van der Waals surface area contributed by atoms with Crippen LogP contribution >= 0.6 is 0 Å². The topological polar surface area (TPSA) is 59.0 Å². The molecule has 3 rings (SSSR count). The minimum absolute atomic E-state index is 0.244. The molecular formula is C16H19FN4O. The fraction of sp³-hybridized carbons (Fsp3) is 0.375. The van der Waals surface area contributed by atoms with Gasteiger partial charge in [0.05, 0.1) is 6.04 Å². The van der Waals surface area contributed by atoms with Gasteiger partial charge in [0.1, 0.15) is 11.5 Å². The van der Waals surface area contributed by atoms with E-state index < -0.39 is 0 Å². The smallest absolute Gasteiger partial charge is 0.272 e. The van der Waals surface area contributed by atoms with Crippen LogP contribution in [0.1, 0.15) is 34.9 Å². The third-order valence-corrected chi connectivity index (χ3v) is 3.83. The van der Waals surface area contributed by atoms with Crippen molar-refractivity contribution in [1.29, 1.82) is 0 Å². The van der Waals surface area contributed by atoms with Crippen LogP contribution in [-0.2, 0) is 6.54 Å². The van der Waals surface area contributed by atoms with E-state index in [-0.39, 0.29) is 18.3 Å². The maximum Gasteiger partial charge on any atom is 0.272 e. The van der Waals surface area contributed by atoms with Gasteiger partial charge in [0.25, 0.3) is 5.91 Å². The summed E-state index contributed by atoms with van der Waals surface area (Å²) in [5, 5.41) is 10.4. The van der Waals surface area contributed by atoms with Gasteiger partial charge in [-0.25, -0.2) is 4.39 Å². The Labute approximate surface area is 128 Å². The van der Waals surface area contributed by atoms with Crippen LogP contribution < -0.4 is 10.6 Å². The van der Waals surface area contributed by atoms with Crippen LogP contribution in [0, 0.1) is 5.82 Å². The zero-order chi connectivity index (χ0) is 15.4. The molecule has 1 fully saturated rings. The van der Waals surface area contributed by atoms with E-state index in [1.807, 2.05) is 10.9 Å². The molecule has 2 heterocycles. The van der Waals surface area contributed by atoms with Gasteiger partial charge in [-0.05, 0) is 43.1 Å². The van der Waals surface area contributed by atoms with Gasteiger partial charge in [0.15, 0.2) is 0 Å². The Hall–Kier alpha value is -2.21. The zero-order valence-corrected chi connectivity index (χ0v) is 12.3. The van der Waals surface area contributed by atoms with Crippen molar-refractivity contribution in [3.05, 3.63) is 53.6 Å². The number of hydrogen-bond acceptors (Lipinski definition) is 3. The third-order valence-electron chi connectivity index (χ3n) is 3.83. The van der Waals surface area contributed by atoms with Gasteiger partial charge in [-0.15, -0.1) is 0 Å². The molecule has 1 aromatic heterocycles. The molecule has 22 heavy (non-hydrogen) atoms. The lowest BCUT2D eigenvalue weighted by atomic mass is 10.1. The Morgan fingerprint density at radius 1 is 1.45 bits per heavy atom. The molecule has 1 amide bonds. The SMILES string of the molecule is O=C(NCc1cccc(F)c1)c1ccn([C@H]2CCCNC2)n1. The summed E-state index contributed by atoms with van der Waals surface area (Å²) in [6.45, 7) is 2.21. The molecule has 0 saturated carbocycles. The first-order valence-electron chi connectivity index (χ1n) is 7.51. The van der Waals surface area contributed by atoms with Crippen LogP contribution in [0.2, 0.25) is 0 Å². The molecule has 2 aromatic rings. The van der Waals surface area contributed by atoms with E-state index in [0.717, 1.165) is 31.5 Å². The number of nitrogens with zero attached hydrogens (tertiary/aromatic N) is 2. The van der Waals surface area contributed by atoms with Crippen molar-refractivity contribution in [2.24, 2.45) is 0 Å². The highest BCUT2D eigenvalue weighted by Gasteiger charge is 2.17. The number of carbonyl (C=O) groups excluding carboxylic acids is 1. The van der Waals surface area contributed by atoms with Crippen LogP contribution in [0.4, 0.5) is 4.39 Å². The summed E-state index contributed by atoms with van der Waals surface area (Å²) in [5.41, 5.74) is 1.12. The molecule has 1 atom stereocenters. The molecule has 5 nitrogen and oxygen atoms in total. The van der Waals surface area contributed by atoms with Crippen LogP contribution in [0.25, 0.3) is 0 Å². The number of benzene rings is 1. The molecule has 6 heteroatoms. The summed E-state index contributed by atoms with van der Waals surface area (Å²) >= 11 is 0. The van der Waals surface area contributed by atoms with Gasteiger partial charge in [0, 0.05) is 19.3 Å². The first-order chi connectivity index (χ1) is 10.7. The summed E-state index contributed by atoms with van der Waals surface area (Å²) in [4.78, 5) is 12.1. The zero-order valence-electron chi connectivity index (χ0n) is 12.3. The first kappa shape index (κ1) is 14.7. The van der Waals surface area contributed by atoms with E-state index in [9.17, 15) is 9.18 Å². The summed E-state index contributed by atoms with van der Waals surface area (Å²) < 4.78 is 14.9. The van der Waals surface area contributed by atoms with E-state index in [4.69, 9.17) is 0 Å². The van der Waals surface area contributed by atoms with E-state index in [2.05, 4.69) is 15.7 Å². The van der Waals surface area contributed by atoms with Crippen LogP contribution in [0.3, 0.4) is 0 Å². The monoisotopic (exact) mass is 302 g/mol. The molecule has 0 unspecified atom stereocenters. The Morgan fingerprint density at radius 3 is 3.14 bits per heavy atom. The highest BCUT2D eigenvalue weighted by molar-refractivity contribution is 5.92. The van der Waals surface area contributed by atoms with Crippen LogP contribution in [0.5, 0.6) is 0 Å². The Bertz CT molecular complexity index is 649. The number of hydrogen-bond donors (Lipinski definition) is 2. The van der Waals surface area contributed by atoms with Gasteiger partial charge in [-0.3, -0.25) is 9.48 Å². The highest BCUT2D eigenvalue weighted by Crippen LogP contribution is 2.15. The largest absolute Gasteiger partial charge is 0.347 e. The van der Waals surface area contributed by atoms with Gasteiger partial charge < -0.3 is 10.6 Å². The van der Waals surface area contributed by atoms with Gasteiger partial charge in [-0.1, -0.05) is 12.1 Å². The lowest BCUT2D eigenvalue weighted by Crippen LogP contribution is -2.32. The second kappa shape index (κ2) is 6.70. The van der Waals surface area contributed by atoms with Gasteiger partial charge >= 0.3 is 0 Å². The van der Waals surface area contributed by atoms with Crippen LogP contribution in [-0.4, -0.2) is 28.8 Å². The number of aromatic nitrogens is 2. The Kier molecular flexibility index (Phi) is 4.48. The number of piperidine rings is 1. The first-order valence-corrected chi connectivity index (χ1v) is 7.51. The summed E-state index contributed by atoms with van der Waals surface area (Å²) in [7, 11) is 0. The number of amides is 1. The highest BCUT2D eigenvalue weighted by atomic mass is 19.1. The molecule has 1 saturated heterocycles. The summed E-state index contributed by atoms with van der Waals surface area (Å²) in [6, 6.07) is 8.21. The summed E-state index contributed by atoms with van der Waals surface area (Å²) in [5.74, 6) is -0.549. The average molecular weight is 302 g/mol. The van der Waals surface area contributed by atoms with Crippen molar-refractivity contribution < 1.29 is 9.18 Å². The molecule has 0 spiro atoms. The van der Waals surface area contributed by atoms with Gasteiger partial charge in [-0.2, -0.15) is 5.10 Å². The second-order valence-electron chi connectivity index (χ2n) is 5.49. The van der Waals surface area contributed by atoms with E-state index in [1.54, 1.807) is 18.2 Å².